The Balaban J connectivity index is 1.88. The van der Waals surface area contributed by atoms with Crippen molar-refractivity contribution in [3.8, 4) is 0 Å². The van der Waals surface area contributed by atoms with Crippen LogP contribution in [-0.4, -0.2) is 17.0 Å². The van der Waals surface area contributed by atoms with Crippen LogP contribution in [0.15, 0.2) is 24.3 Å². The number of anilines is 3. The number of nitrogens with zero attached hydrogens (tertiary/aromatic N) is 2. The second-order valence-corrected chi connectivity index (χ2v) is 5.52. The number of rotatable bonds is 4. The van der Waals surface area contributed by atoms with Gasteiger partial charge < -0.3 is 10.6 Å². The molecule has 3 rings (SSSR count). The van der Waals surface area contributed by atoms with Crippen LogP contribution in [0.2, 0.25) is 5.02 Å². The monoisotopic (exact) mass is 288 g/mol. The van der Waals surface area contributed by atoms with Crippen LogP contribution < -0.4 is 10.6 Å². The molecule has 1 aliphatic rings. The fourth-order valence-corrected chi connectivity index (χ4v) is 2.23. The first-order chi connectivity index (χ1) is 9.65. The first kappa shape index (κ1) is 13.2. The summed E-state index contributed by atoms with van der Waals surface area (Å²) in [6.45, 7) is 1.99. The van der Waals surface area contributed by atoms with Gasteiger partial charge in [0.1, 0.15) is 5.82 Å². The first-order valence-corrected chi connectivity index (χ1v) is 7.13. The van der Waals surface area contributed by atoms with Crippen LogP contribution in [0.3, 0.4) is 0 Å². The number of nitrogens with one attached hydrogen (secondary N) is 2. The molecule has 5 heteroatoms. The molecule has 1 aliphatic carbocycles. The molecule has 1 aromatic heterocycles. The summed E-state index contributed by atoms with van der Waals surface area (Å²) in [4.78, 5) is 8.93. The summed E-state index contributed by atoms with van der Waals surface area (Å²) in [5.41, 5.74) is 3.10. The maximum Gasteiger partial charge on any atom is 0.224 e. The third-order valence-corrected chi connectivity index (χ3v) is 3.82. The number of hydrogen-bond acceptors (Lipinski definition) is 4. The largest absolute Gasteiger partial charge is 0.357 e. The Morgan fingerprint density at radius 2 is 2.00 bits per heavy atom. The zero-order valence-electron chi connectivity index (χ0n) is 11.6. The van der Waals surface area contributed by atoms with E-state index < -0.39 is 0 Å². The topological polar surface area (TPSA) is 49.8 Å². The molecule has 0 radical (unpaired) electrons. The van der Waals surface area contributed by atoms with Crippen molar-refractivity contribution in [2.24, 2.45) is 0 Å². The van der Waals surface area contributed by atoms with Gasteiger partial charge in [0.25, 0.3) is 0 Å². The van der Waals surface area contributed by atoms with Gasteiger partial charge in [0.2, 0.25) is 5.95 Å². The average Bonchev–Trinajstić information content (AvgIpc) is 3.27. The van der Waals surface area contributed by atoms with Gasteiger partial charge in [-0.2, -0.15) is 4.98 Å². The first-order valence-electron chi connectivity index (χ1n) is 6.75. The van der Waals surface area contributed by atoms with Gasteiger partial charge in [0.05, 0.1) is 5.69 Å². The van der Waals surface area contributed by atoms with Crippen molar-refractivity contribution in [2.75, 3.05) is 17.7 Å². The third kappa shape index (κ3) is 2.85. The van der Waals surface area contributed by atoms with Crippen molar-refractivity contribution in [1.82, 2.24) is 9.97 Å². The molecule has 0 atom stereocenters. The highest BCUT2D eigenvalue weighted by Crippen LogP contribution is 2.40. The van der Waals surface area contributed by atoms with E-state index >= 15 is 0 Å². The fourth-order valence-electron chi connectivity index (χ4n) is 2.05. The molecule has 0 unspecified atom stereocenters. The summed E-state index contributed by atoms with van der Waals surface area (Å²) in [5.74, 6) is 2.04. The van der Waals surface area contributed by atoms with E-state index in [0.717, 1.165) is 27.8 Å². The molecule has 0 spiro atoms. The molecule has 4 nitrogen and oxygen atoms in total. The van der Waals surface area contributed by atoms with E-state index in [1.807, 2.05) is 38.2 Å². The standard InChI is InChI=1S/C15H17ClN4/c1-9-3-6-11(7-12(9)16)18-14-8-13(10-4-5-10)19-15(17-2)20-14/h3,6-8,10H,4-5H2,1-2H3,(H2,17,18,19,20). The molecule has 1 fully saturated rings. The van der Waals surface area contributed by atoms with Crippen LogP contribution in [0.5, 0.6) is 0 Å². The summed E-state index contributed by atoms with van der Waals surface area (Å²) >= 11 is 6.15. The van der Waals surface area contributed by atoms with Crippen LogP contribution in [-0.2, 0) is 0 Å². The molecule has 1 heterocycles. The van der Waals surface area contributed by atoms with Crippen molar-refractivity contribution in [2.45, 2.75) is 25.7 Å². The lowest BCUT2D eigenvalue weighted by Crippen LogP contribution is -2.03. The van der Waals surface area contributed by atoms with E-state index in [9.17, 15) is 0 Å². The lowest BCUT2D eigenvalue weighted by molar-refractivity contribution is 0.991. The zero-order chi connectivity index (χ0) is 14.1. The minimum atomic E-state index is 0.590. The molecule has 104 valence electrons. The van der Waals surface area contributed by atoms with Crippen LogP contribution in [0.1, 0.15) is 30.0 Å². The van der Waals surface area contributed by atoms with Gasteiger partial charge in [-0.3, -0.25) is 0 Å². The van der Waals surface area contributed by atoms with Gasteiger partial charge >= 0.3 is 0 Å². The summed E-state index contributed by atoms with van der Waals surface area (Å²) in [6.07, 6.45) is 2.44. The van der Waals surface area contributed by atoms with Crippen molar-refractivity contribution in [3.63, 3.8) is 0 Å². The molecular formula is C15H17ClN4. The van der Waals surface area contributed by atoms with Crippen molar-refractivity contribution in [1.29, 1.82) is 0 Å². The van der Waals surface area contributed by atoms with E-state index in [0.29, 0.717) is 11.9 Å². The number of halogens is 1. The van der Waals surface area contributed by atoms with Gasteiger partial charge in [-0.1, -0.05) is 17.7 Å². The van der Waals surface area contributed by atoms with Gasteiger partial charge in [-0.25, -0.2) is 4.98 Å². The van der Waals surface area contributed by atoms with Crippen molar-refractivity contribution >= 4 is 29.1 Å². The van der Waals surface area contributed by atoms with E-state index in [1.165, 1.54) is 12.8 Å². The molecule has 2 aromatic rings. The lowest BCUT2D eigenvalue weighted by Gasteiger charge is -2.10. The summed E-state index contributed by atoms with van der Waals surface area (Å²) in [7, 11) is 1.83. The van der Waals surface area contributed by atoms with Gasteiger partial charge in [0, 0.05) is 29.7 Å². The molecule has 2 N–H and O–H groups in total. The number of benzene rings is 1. The Kier molecular flexibility index (Phi) is 3.49. The Morgan fingerprint density at radius 3 is 2.65 bits per heavy atom. The molecule has 1 aromatic carbocycles. The molecule has 1 saturated carbocycles. The zero-order valence-corrected chi connectivity index (χ0v) is 12.3. The normalized spacial score (nSPS) is 14.2. The molecule has 20 heavy (non-hydrogen) atoms. The third-order valence-electron chi connectivity index (χ3n) is 3.41. The van der Waals surface area contributed by atoms with E-state index in [4.69, 9.17) is 11.6 Å². The summed E-state index contributed by atoms with van der Waals surface area (Å²) < 4.78 is 0. The van der Waals surface area contributed by atoms with Crippen molar-refractivity contribution < 1.29 is 0 Å². The number of aryl methyl sites for hydroxylation is 1. The molecule has 0 saturated heterocycles. The Labute approximate surface area is 123 Å². The highest BCUT2D eigenvalue weighted by Gasteiger charge is 2.26. The van der Waals surface area contributed by atoms with Gasteiger partial charge in [0.15, 0.2) is 0 Å². The predicted molar refractivity (Wildman–Crippen MR) is 83.0 cm³/mol. The van der Waals surface area contributed by atoms with Crippen molar-refractivity contribution in [3.05, 3.63) is 40.5 Å². The van der Waals surface area contributed by atoms with E-state index in [2.05, 4.69) is 20.6 Å². The minimum absolute atomic E-state index is 0.590. The SMILES string of the molecule is CNc1nc(Nc2ccc(C)c(Cl)c2)cc(C2CC2)n1. The Hall–Kier alpha value is -1.81. The lowest BCUT2D eigenvalue weighted by atomic mass is 10.2. The fraction of sp³-hybridized carbons (Fsp3) is 0.333. The maximum absolute atomic E-state index is 6.15. The van der Waals surface area contributed by atoms with Crippen LogP contribution in [0, 0.1) is 6.92 Å². The van der Waals surface area contributed by atoms with Crippen LogP contribution in [0.25, 0.3) is 0 Å². The second kappa shape index (κ2) is 5.29. The number of hydrogen-bond donors (Lipinski definition) is 2. The Morgan fingerprint density at radius 1 is 1.20 bits per heavy atom. The maximum atomic E-state index is 6.15. The van der Waals surface area contributed by atoms with E-state index in [1.54, 1.807) is 0 Å². The molecular weight excluding hydrogens is 272 g/mol. The summed E-state index contributed by atoms with van der Waals surface area (Å²) in [5, 5.41) is 7.05. The Bertz CT molecular complexity index is 638. The number of aromatic nitrogens is 2. The predicted octanol–water partition coefficient (Wildman–Crippen LogP) is 4.10. The summed E-state index contributed by atoms with van der Waals surface area (Å²) in [6, 6.07) is 7.92. The minimum Gasteiger partial charge on any atom is -0.357 e. The smallest absolute Gasteiger partial charge is 0.224 e. The molecule has 0 bridgehead atoms. The van der Waals surface area contributed by atoms with Gasteiger partial charge in [-0.15, -0.1) is 0 Å². The van der Waals surface area contributed by atoms with Gasteiger partial charge in [-0.05, 0) is 37.5 Å². The second-order valence-electron chi connectivity index (χ2n) is 5.11. The van der Waals surface area contributed by atoms with E-state index in [-0.39, 0.29) is 0 Å². The van der Waals surface area contributed by atoms with Crippen LogP contribution in [0.4, 0.5) is 17.5 Å². The average molecular weight is 289 g/mol. The molecule has 0 aliphatic heterocycles. The highest BCUT2D eigenvalue weighted by atomic mass is 35.5. The molecule has 0 amide bonds. The van der Waals surface area contributed by atoms with Crippen LogP contribution >= 0.6 is 11.6 Å². The quantitative estimate of drug-likeness (QED) is 0.889. The highest BCUT2D eigenvalue weighted by molar-refractivity contribution is 6.31.